The Hall–Kier alpha value is -3.79. The third-order valence-corrected chi connectivity index (χ3v) is 6.42. The Balaban J connectivity index is 1.45. The predicted octanol–water partition coefficient (Wildman–Crippen LogP) is 3.76. The summed E-state index contributed by atoms with van der Waals surface area (Å²) in [5, 5.41) is 2.82. The third-order valence-electron chi connectivity index (χ3n) is 5.04. The van der Waals surface area contributed by atoms with E-state index in [1.807, 2.05) is 19.9 Å². The van der Waals surface area contributed by atoms with Crippen LogP contribution in [0.5, 0.6) is 17.4 Å². The summed E-state index contributed by atoms with van der Waals surface area (Å²) in [6.07, 6.45) is 2.29. The number of aromatic nitrogens is 1. The highest BCUT2D eigenvalue weighted by atomic mass is 32.2. The molecule has 35 heavy (non-hydrogen) atoms. The van der Waals surface area contributed by atoms with Crippen LogP contribution < -0.4 is 24.2 Å². The summed E-state index contributed by atoms with van der Waals surface area (Å²) < 4.78 is 45.3. The van der Waals surface area contributed by atoms with E-state index >= 15 is 0 Å². The highest BCUT2D eigenvalue weighted by Crippen LogP contribution is 2.32. The van der Waals surface area contributed by atoms with E-state index in [2.05, 4.69) is 15.0 Å². The van der Waals surface area contributed by atoms with Crippen LogP contribution in [0.25, 0.3) is 0 Å². The standard InChI is InChI=1S/C25H27N3O6S/c1-17(2)34-25-19(7-4-11-26-25)16-27-24(29)18-6-3-8-20(14-18)28-35(30,31)21-9-10-22-23(15-21)33-13-5-12-32-22/h3-4,6-11,14-15,17,28H,5,12-13,16H2,1-2H3,(H,27,29). The minimum absolute atomic E-state index is 0.0332. The largest absolute Gasteiger partial charge is 0.490 e. The zero-order valence-electron chi connectivity index (χ0n) is 19.5. The number of anilines is 1. The van der Waals surface area contributed by atoms with Gasteiger partial charge in [0.1, 0.15) is 0 Å². The molecule has 9 nitrogen and oxygen atoms in total. The minimum atomic E-state index is -3.92. The summed E-state index contributed by atoms with van der Waals surface area (Å²) in [4.78, 5) is 17.0. The number of carbonyl (C=O) groups excluding carboxylic acids is 1. The SMILES string of the molecule is CC(C)Oc1ncccc1CNC(=O)c1cccc(NS(=O)(=O)c2ccc3c(c2)OCCCO3)c1. The lowest BCUT2D eigenvalue weighted by Gasteiger charge is -2.14. The molecule has 1 aliphatic rings. The topological polar surface area (TPSA) is 116 Å². The predicted molar refractivity (Wildman–Crippen MR) is 130 cm³/mol. The molecule has 0 unspecified atom stereocenters. The van der Waals surface area contributed by atoms with E-state index in [4.69, 9.17) is 14.2 Å². The van der Waals surface area contributed by atoms with Crippen LogP contribution >= 0.6 is 0 Å². The molecule has 1 aromatic heterocycles. The molecule has 1 amide bonds. The molecule has 1 aliphatic heterocycles. The smallest absolute Gasteiger partial charge is 0.262 e. The number of hydrogen-bond acceptors (Lipinski definition) is 7. The molecule has 0 spiro atoms. The lowest BCUT2D eigenvalue weighted by molar-refractivity contribution is 0.0950. The molecule has 0 fully saturated rings. The van der Waals surface area contributed by atoms with Gasteiger partial charge < -0.3 is 19.5 Å². The Morgan fingerprint density at radius 1 is 1.06 bits per heavy atom. The second kappa shape index (κ2) is 10.6. The Kier molecular flexibility index (Phi) is 7.40. The maximum Gasteiger partial charge on any atom is 0.262 e. The summed E-state index contributed by atoms with van der Waals surface area (Å²) in [7, 11) is -3.92. The van der Waals surface area contributed by atoms with Crippen molar-refractivity contribution in [3.05, 3.63) is 71.9 Å². The molecule has 0 atom stereocenters. The highest BCUT2D eigenvalue weighted by molar-refractivity contribution is 7.92. The van der Waals surface area contributed by atoms with Gasteiger partial charge in [-0.25, -0.2) is 13.4 Å². The zero-order valence-corrected chi connectivity index (χ0v) is 20.3. The van der Waals surface area contributed by atoms with Crippen LogP contribution in [0.15, 0.2) is 65.7 Å². The number of amides is 1. The Morgan fingerprint density at radius 2 is 1.86 bits per heavy atom. The van der Waals surface area contributed by atoms with Crippen molar-refractivity contribution in [2.24, 2.45) is 0 Å². The molecule has 2 heterocycles. The van der Waals surface area contributed by atoms with Crippen LogP contribution in [0, 0.1) is 0 Å². The number of nitrogens with zero attached hydrogens (tertiary/aromatic N) is 1. The van der Waals surface area contributed by atoms with Crippen LogP contribution in [0.3, 0.4) is 0 Å². The first-order chi connectivity index (χ1) is 16.8. The molecular formula is C25H27N3O6S. The van der Waals surface area contributed by atoms with Gasteiger partial charge in [0.2, 0.25) is 5.88 Å². The number of ether oxygens (including phenoxy) is 3. The van der Waals surface area contributed by atoms with Crippen LogP contribution in [-0.4, -0.2) is 38.6 Å². The van der Waals surface area contributed by atoms with Crippen LogP contribution in [0.2, 0.25) is 0 Å². The molecule has 2 aromatic carbocycles. The molecule has 0 saturated heterocycles. The first kappa shape index (κ1) is 24.3. The maximum atomic E-state index is 13.0. The Labute approximate surface area is 204 Å². The monoisotopic (exact) mass is 497 g/mol. The van der Waals surface area contributed by atoms with Gasteiger partial charge in [0.05, 0.1) is 24.2 Å². The fourth-order valence-electron chi connectivity index (χ4n) is 3.41. The van der Waals surface area contributed by atoms with Gasteiger partial charge in [-0.05, 0) is 50.2 Å². The number of benzene rings is 2. The van der Waals surface area contributed by atoms with Gasteiger partial charge in [-0.1, -0.05) is 12.1 Å². The molecule has 0 radical (unpaired) electrons. The second-order valence-electron chi connectivity index (χ2n) is 8.16. The van der Waals surface area contributed by atoms with Gasteiger partial charge in [-0.15, -0.1) is 0 Å². The minimum Gasteiger partial charge on any atom is -0.490 e. The Bertz CT molecular complexity index is 1310. The average Bonchev–Trinajstić information content (AvgIpc) is 3.08. The van der Waals surface area contributed by atoms with Crippen molar-refractivity contribution >= 4 is 21.6 Å². The fraction of sp³-hybridized carbons (Fsp3) is 0.280. The molecule has 0 saturated carbocycles. The van der Waals surface area contributed by atoms with E-state index in [1.165, 1.54) is 18.2 Å². The van der Waals surface area contributed by atoms with Gasteiger partial charge in [-0.2, -0.15) is 0 Å². The summed E-state index contributed by atoms with van der Waals surface area (Å²) in [5.41, 5.74) is 1.30. The number of sulfonamides is 1. The number of nitrogens with one attached hydrogen (secondary N) is 2. The molecule has 184 valence electrons. The van der Waals surface area contributed by atoms with Crippen molar-refractivity contribution in [1.29, 1.82) is 0 Å². The van der Waals surface area contributed by atoms with Crippen LogP contribution in [0.1, 0.15) is 36.2 Å². The maximum absolute atomic E-state index is 13.0. The Morgan fingerprint density at radius 3 is 2.66 bits per heavy atom. The number of hydrogen-bond donors (Lipinski definition) is 2. The van der Waals surface area contributed by atoms with E-state index in [9.17, 15) is 13.2 Å². The van der Waals surface area contributed by atoms with Gasteiger partial charge in [0.15, 0.2) is 11.5 Å². The van der Waals surface area contributed by atoms with Crippen molar-refractivity contribution in [3.63, 3.8) is 0 Å². The lowest BCUT2D eigenvalue weighted by Crippen LogP contribution is -2.24. The summed E-state index contributed by atoms with van der Waals surface area (Å²) in [5.74, 6) is 0.992. The van der Waals surface area contributed by atoms with Crippen molar-refractivity contribution in [1.82, 2.24) is 10.3 Å². The van der Waals surface area contributed by atoms with Crippen LogP contribution in [0.4, 0.5) is 5.69 Å². The second-order valence-corrected chi connectivity index (χ2v) is 9.84. The molecule has 3 aromatic rings. The summed E-state index contributed by atoms with van der Waals surface area (Å²) in [6, 6.07) is 14.3. The van der Waals surface area contributed by atoms with Crippen molar-refractivity contribution in [2.75, 3.05) is 17.9 Å². The molecule has 0 bridgehead atoms. The summed E-state index contributed by atoms with van der Waals surface area (Å²) in [6.45, 7) is 4.97. The van der Waals surface area contributed by atoms with Gasteiger partial charge >= 0.3 is 0 Å². The first-order valence-electron chi connectivity index (χ1n) is 11.2. The van der Waals surface area contributed by atoms with E-state index in [-0.39, 0.29) is 29.1 Å². The first-order valence-corrected chi connectivity index (χ1v) is 12.7. The molecule has 2 N–H and O–H groups in total. The van der Waals surface area contributed by atoms with E-state index in [0.29, 0.717) is 36.2 Å². The number of pyridine rings is 1. The van der Waals surface area contributed by atoms with E-state index in [0.717, 1.165) is 12.0 Å². The van der Waals surface area contributed by atoms with E-state index in [1.54, 1.807) is 36.5 Å². The van der Waals surface area contributed by atoms with Gasteiger partial charge in [0.25, 0.3) is 15.9 Å². The molecule has 0 aliphatic carbocycles. The van der Waals surface area contributed by atoms with Crippen molar-refractivity contribution in [2.45, 2.75) is 37.8 Å². The van der Waals surface area contributed by atoms with Crippen molar-refractivity contribution < 1.29 is 27.4 Å². The lowest BCUT2D eigenvalue weighted by atomic mass is 10.2. The number of rotatable bonds is 8. The van der Waals surface area contributed by atoms with E-state index < -0.39 is 10.0 Å². The van der Waals surface area contributed by atoms with Gasteiger partial charge in [-0.3, -0.25) is 9.52 Å². The van der Waals surface area contributed by atoms with Crippen LogP contribution in [-0.2, 0) is 16.6 Å². The zero-order chi connectivity index (χ0) is 24.8. The molecule has 4 rings (SSSR count). The number of fused-ring (bicyclic) bond motifs is 1. The normalized spacial score (nSPS) is 13.1. The third kappa shape index (κ3) is 6.21. The summed E-state index contributed by atoms with van der Waals surface area (Å²) >= 11 is 0. The quantitative estimate of drug-likeness (QED) is 0.487. The van der Waals surface area contributed by atoms with Crippen molar-refractivity contribution in [3.8, 4) is 17.4 Å². The highest BCUT2D eigenvalue weighted by Gasteiger charge is 2.20. The molecule has 10 heteroatoms. The number of carbonyl (C=O) groups is 1. The average molecular weight is 498 g/mol. The fourth-order valence-corrected chi connectivity index (χ4v) is 4.48. The van der Waals surface area contributed by atoms with Gasteiger partial charge in [0, 0.05) is 42.0 Å². The molecular weight excluding hydrogens is 470 g/mol.